The fraction of sp³-hybridized carbons (Fsp3) is 0.0882. The van der Waals surface area contributed by atoms with Gasteiger partial charge in [-0.15, -0.1) is 0 Å². The molecule has 0 aliphatic carbocycles. The van der Waals surface area contributed by atoms with Gasteiger partial charge in [-0.25, -0.2) is 0 Å². The van der Waals surface area contributed by atoms with E-state index in [1.54, 1.807) is 0 Å². The highest BCUT2D eigenvalue weighted by molar-refractivity contribution is 6.19. The molecule has 0 bridgehead atoms. The van der Waals surface area contributed by atoms with Crippen LogP contribution in [0.5, 0.6) is 0 Å². The van der Waals surface area contributed by atoms with Crippen molar-refractivity contribution in [3.05, 3.63) is 265 Å². The van der Waals surface area contributed by atoms with Gasteiger partial charge in [0.05, 0.1) is 22.7 Å². The average Bonchev–Trinajstić information content (AvgIpc) is 3.41. The Kier molecular flexibility index (Phi) is 9.58. The molecule has 0 spiro atoms. The fourth-order valence-electron chi connectivity index (χ4n) is 12.3. The Morgan fingerprint density at radius 2 is 0.629 bits per heavy atom. The van der Waals surface area contributed by atoms with Crippen LogP contribution in [-0.4, -0.2) is 0 Å². The van der Waals surface area contributed by atoms with E-state index in [4.69, 9.17) is 0 Å². The second-order valence-electron chi connectivity index (χ2n) is 20.0. The SMILES string of the molecule is CC1(C)c2ccccc2N(c2ccccc2)c2cccc(-c3cccc4c(-c5ccc(-c6ccccc6)cc5)c5cccc(-c6cccc7c6C(C)(C)c6ccccc6N7c6ccccc6)c5cc34)c21. The van der Waals surface area contributed by atoms with Crippen LogP contribution in [0.2, 0.25) is 0 Å². The number of hydrogen-bond donors (Lipinski definition) is 0. The van der Waals surface area contributed by atoms with E-state index in [0.29, 0.717) is 0 Å². The zero-order valence-electron chi connectivity index (χ0n) is 40.0. The third kappa shape index (κ3) is 6.33. The maximum absolute atomic E-state index is 2.52. The molecule has 0 saturated heterocycles. The third-order valence-electron chi connectivity index (χ3n) is 15.4. The Hall–Kier alpha value is -8.46. The average molecular weight is 897 g/mol. The number of nitrogens with zero attached hydrogens (tertiary/aromatic N) is 2. The van der Waals surface area contributed by atoms with E-state index >= 15 is 0 Å². The van der Waals surface area contributed by atoms with Gasteiger partial charge in [-0.05, 0) is 143 Å². The van der Waals surface area contributed by atoms with Crippen molar-refractivity contribution in [1.29, 1.82) is 0 Å². The summed E-state index contributed by atoms with van der Waals surface area (Å²) in [6.45, 7) is 9.64. The number of benzene rings is 11. The molecule has 334 valence electrons. The van der Waals surface area contributed by atoms with Crippen LogP contribution in [0.3, 0.4) is 0 Å². The fourth-order valence-corrected chi connectivity index (χ4v) is 12.3. The molecule has 2 nitrogen and oxygen atoms in total. The van der Waals surface area contributed by atoms with Crippen molar-refractivity contribution < 1.29 is 0 Å². The van der Waals surface area contributed by atoms with Gasteiger partial charge in [0, 0.05) is 22.2 Å². The van der Waals surface area contributed by atoms with Gasteiger partial charge >= 0.3 is 0 Å². The van der Waals surface area contributed by atoms with E-state index in [2.05, 4.69) is 280 Å². The number of hydrogen-bond acceptors (Lipinski definition) is 2. The molecule has 11 aromatic carbocycles. The molecule has 2 aliphatic heterocycles. The molecule has 0 saturated carbocycles. The van der Waals surface area contributed by atoms with Crippen LogP contribution in [0, 0.1) is 0 Å². The van der Waals surface area contributed by atoms with Crippen molar-refractivity contribution in [1.82, 2.24) is 0 Å². The Morgan fingerprint density at radius 1 is 0.271 bits per heavy atom. The number of rotatable bonds is 6. The van der Waals surface area contributed by atoms with Crippen molar-refractivity contribution in [3.8, 4) is 44.5 Å². The summed E-state index contributed by atoms with van der Waals surface area (Å²) in [6.07, 6.45) is 0. The Morgan fingerprint density at radius 3 is 1.10 bits per heavy atom. The van der Waals surface area contributed by atoms with E-state index in [-0.39, 0.29) is 10.8 Å². The van der Waals surface area contributed by atoms with Crippen molar-refractivity contribution in [3.63, 3.8) is 0 Å². The van der Waals surface area contributed by atoms with E-state index in [1.165, 1.54) is 111 Å². The first-order valence-corrected chi connectivity index (χ1v) is 24.6. The zero-order chi connectivity index (χ0) is 47.1. The number of anilines is 6. The van der Waals surface area contributed by atoms with Crippen molar-refractivity contribution >= 4 is 55.7 Å². The molecule has 0 N–H and O–H groups in total. The van der Waals surface area contributed by atoms with Gasteiger partial charge in [-0.2, -0.15) is 0 Å². The molecular formula is C68H52N2. The smallest absolute Gasteiger partial charge is 0.0508 e. The number of para-hydroxylation sites is 4. The van der Waals surface area contributed by atoms with Gasteiger partial charge in [0.2, 0.25) is 0 Å². The van der Waals surface area contributed by atoms with Gasteiger partial charge < -0.3 is 9.80 Å². The second-order valence-corrected chi connectivity index (χ2v) is 20.0. The molecule has 2 heterocycles. The summed E-state index contributed by atoms with van der Waals surface area (Å²) < 4.78 is 0. The zero-order valence-corrected chi connectivity index (χ0v) is 40.0. The lowest BCUT2D eigenvalue weighted by Gasteiger charge is -2.43. The molecule has 13 rings (SSSR count). The molecule has 0 aromatic heterocycles. The maximum Gasteiger partial charge on any atom is 0.0508 e. The quantitative estimate of drug-likeness (QED) is 0.153. The predicted molar refractivity (Wildman–Crippen MR) is 297 cm³/mol. The first-order chi connectivity index (χ1) is 34.3. The lowest BCUT2D eigenvalue weighted by Crippen LogP contribution is -2.31. The van der Waals surface area contributed by atoms with Gasteiger partial charge in [-0.1, -0.05) is 216 Å². The lowest BCUT2D eigenvalue weighted by molar-refractivity contribution is 0.633. The molecule has 11 aromatic rings. The van der Waals surface area contributed by atoms with E-state index < -0.39 is 0 Å². The molecule has 0 radical (unpaired) electrons. The summed E-state index contributed by atoms with van der Waals surface area (Å²) in [5, 5.41) is 4.94. The first kappa shape index (κ1) is 41.7. The lowest BCUT2D eigenvalue weighted by atomic mass is 9.70. The van der Waals surface area contributed by atoms with Crippen LogP contribution in [-0.2, 0) is 10.8 Å². The standard InChI is InChI=1S/C68H52N2/c1-67(2)58-34-14-16-36-60(58)69(48-24-10-6-11-25-48)62-38-20-32-54(65(62)67)50-28-18-30-52-56(50)44-57-51(29-19-31-53(57)64(52)47-42-40-46(41-43-47)45-22-8-5-9-23-45)55-33-21-39-63-66(55)68(3,4)59-35-15-17-37-61(59)70(63)49-26-12-7-13-27-49/h5-44H,1-4H3. The molecule has 0 amide bonds. The Balaban J connectivity index is 1.11. The Bertz CT molecular complexity index is 3600. The summed E-state index contributed by atoms with van der Waals surface area (Å²) in [6, 6.07) is 90.0. The van der Waals surface area contributed by atoms with Crippen LogP contribution >= 0.6 is 0 Å². The molecule has 0 fully saturated rings. The van der Waals surface area contributed by atoms with Crippen molar-refractivity contribution in [2.24, 2.45) is 0 Å². The largest absolute Gasteiger partial charge is 0.310 e. The summed E-state index contributed by atoms with van der Waals surface area (Å²) in [5.74, 6) is 0. The summed E-state index contributed by atoms with van der Waals surface area (Å²) in [4.78, 5) is 4.93. The van der Waals surface area contributed by atoms with Crippen molar-refractivity contribution in [2.75, 3.05) is 9.80 Å². The van der Waals surface area contributed by atoms with Crippen LogP contribution < -0.4 is 9.80 Å². The normalized spacial score (nSPS) is 14.2. The van der Waals surface area contributed by atoms with Gasteiger partial charge in [0.25, 0.3) is 0 Å². The van der Waals surface area contributed by atoms with Crippen LogP contribution in [0.15, 0.2) is 243 Å². The molecular weight excluding hydrogens is 845 g/mol. The van der Waals surface area contributed by atoms with E-state index in [1.807, 2.05) is 0 Å². The van der Waals surface area contributed by atoms with E-state index in [0.717, 1.165) is 11.4 Å². The van der Waals surface area contributed by atoms with Crippen LogP contribution in [0.1, 0.15) is 49.9 Å². The predicted octanol–water partition coefficient (Wildman–Crippen LogP) is 18.9. The minimum Gasteiger partial charge on any atom is -0.310 e. The third-order valence-corrected chi connectivity index (χ3v) is 15.4. The maximum atomic E-state index is 2.52. The highest BCUT2D eigenvalue weighted by Crippen LogP contribution is 2.58. The summed E-state index contributed by atoms with van der Waals surface area (Å²) in [5.41, 5.74) is 21.7. The summed E-state index contributed by atoms with van der Waals surface area (Å²) in [7, 11) is 0. The molecule has 0 atom stereocenters. The van der Waals surface area contributed by atoms with Crippen LogP contribution in [0.4, 0.5) is 34.1 Å². The molecule has 70 heavy (non-hydrogen) atoms. The Labute approximate surface area is 411 Å². The molecule has 2 heteroatoms. The van der Waals surface area contributed by atoms with E-state index in [9.17, 15) is 0 Å². The minimum atomic E-state index is -0.302. The second kappa shape index (κ2) is 16.1. The highest BCUT2D eigenvalue weighted by atomic mass is 15.2. The van der Waals surface area contributed by atoms with Crippen molar-refractivity contribution in [2.45, 2.75) is 38.5 Å². The van der Waals surface area contributed by atoms with Gasteiger partial charge in [-0.3, -0.25) is 0 Å². The first-order valence-electron chi connectivity index (χ1n) is 24.6. The van der Waals surface area contributed by atoms with Crippen LogP contribution in [0.25, 0.3) is 66.1 Å². The van der Waals surface area contributed by atoms with Gasteiger partial charge in [0.15, 0.2) is 0 Å². The summed E-state index contributed by atoms with van der Waals surface area (Å²) >= 11 is 0. The minimum absolute atomic E-state index is 0.302. The number of fused-ring (bicyclic) bond motifs is 6. The molecule has 2 aliphatic rings. The molecule has 0 unspecified atom stereocenters. The van der Waals surface area contributed by atoms with Gasteiger partial charge in [0.1, 0.15) is 0 Å². The highest BCUT2D eigenvalue weighted by Gasteiger charge is 2.41. The topological polar surface area (TPSA) is 6.48 Å². The monoisotopic (exact) mass is 896 g/mol.